The van der Waals surface area contributed by atoms with Gasteiger partial charge < -0.3 is 14.7 Å². The Hall–Kier alpha value is -1.40. The molecular formula is C12H15NO4S. The van der Waals surface area contributed by atoms with Gasteiger partial charge >= 0.3 is 5.97 Å². The van der Waals surface area contributed by atoms with E-state index in [1.54, 1.807) is 18.0 Å². The maximum absolute atomic E-state index is 12.1. The van der Waals surface area contributed by atoms with Crippen LogP contribution in [0.2, 0.25) is 0 Å². The molecule has 1 amide bonds. The molecule has 1 atom stereocenters. The van der Waals surface area contributed by atoms with Crippen LogP contribution < -0.4 is 0 Å². The van der Waals surface area contributed by atoms with Crippen molar-refractivity contribution in [1.82, 2.24) is 4.90 Å². The summed E-state index contributed by atoms with van der Waals surface area (Å²) < 4.78 is 5.27. The molecule has 0 unspecified atom stereocenters. The largest absolute Gasteiger partial charge is 0.477 e. The van der Waals surface area contributed by atoms with E-state index in [4.69, 9.17) is 9.84 Å². The normalized spacial score (nSPS) is 18.8. The average molecular weight is 269 g/mol. The Morgan fingerprint density at radius 3 is 2.78 bits per heavy atom. The number of thiophene rings is 1. The van der Waals surface area contributed by atoms with E-state index in [0.717, 1.165) is 24.4 Å². The molecule has 2 heterocycles. The van der Waals surface area contributed by atoms with E-state index in [2.05, 4.69) is 0 Å². The van der Waals surface area contributed by atoms with Gasteiger partial charge in [0.05, 0.1) is 11.5 Å². The summed E-state index contributed by atoms with van der Waals surface area (Å²) in [6.45, 7) is 2.11. The molecule has 6 heteroatoms. The molecule has 2 rings (SSSR count). The molecule has 1 N–H and O–H groups in total. The van der Waals surface area contributed by atoms with Gasteiger partial charge in [0.2, 0.25) is 0 Å². The van der Waals surface area contributed by atoms with Gasteiger partial charge in [-0.05, 0) is 18.6 Å². The zero-order chi connectivity index (χ0) is 13.1. The Morgan fingerprint density at radius 1 is 1.50 bits per heavy atom. The lowest BCUT2D eigenvalue weighted by Gasteiger charge is -2.19. The Balaban J connectivity index is 1.98. The summed E-state index contributed by atoms with van der Waals surface area (Å²) in [6.07, 6.45) is 0.975. The Bertz CT molecular complexity index is 451. The van der Waals surface area contributed by atoms with Crippen LogP contribution in [0, 0.1) is 5.92 Å². The molecule has 0 radical (unpaired) electrons. The van der Waals surface area contributed by atoms with Crippen LogP contribution in [-0.2, 0) is 4.74 Å². The zero-order valence-corrected chi connectivity index (χ0v) is 10.9. The number of rotatable bonds is 4. The fourth-order valence-corrected chi connectivity index (χ4v) is 2.79. The smallest absolute Gasteiger partial charge is 0.345 e. The number of hydrogen-bond acceptors (Lipinski definition) is 4. The third-order valence-corrected chi connectivity index (χ3v) is 3.99. The first kappa shape index (κ1) is 13.0. The van der Waals surface area contributed by atoms with Crippen molar-refractivity contribution in [1.29, 1.82) is 0 Å². The quantitative estimate of drug-likeness (QED) is 0.900. The second-order valence-electron chi connectivity index (χ2n) is 4.38. The molecule has 0 aromatic carbocycles. The third kappa shape index (κ3) is 2.88. The summed E-state index contributed by atoms with van der Waals surface area (Å²) in [5.74, 6) is -0.733. The molecule has 0 bridgehead atoms. The van der Waals surface area contributed by atoms with Gasteiger partial charge in [-0.2, -0.15) is 0 Å². The minimum absolute atomic E-state index is 0.126. The van der Waals surface area contributed by atoms with Crippen molar-refractivity contribution in [3.63, 3.8) is 0 Å². The van der Waals surface area contributed by atoms with Crippen molar-refractivity contribution >= 4 is 23.2 Å². The molecule has 98 valence electrons. The van der Waals surface area contributed by atoms with Crippen molar-refractivity contribution in [2.24, 2.45) is 5.92 Å². The van der Waals surface area contributed by atoms with E-state index < -0.39 is 5.97 Å². The molecule has 0 aliphatic carbocycles. The molecule has 1 aliphatic rings. The summed E-state index contributed by atoms with van der Waals surface area (Å²) in [6, 6.07) is 3.03. The average Bonchev–Trinajstić information content (AvgIpc) is 2.98. The van der Waals surface area contributed by atoms with E-state index >= 15 is 0 Å². The summed E-state index contributed by atoms with van der Waals surface area (Å²) in [5, 5.41) is 8.82. The molecule has 1 saturated heterocycles. The van der Waals surface area contributed by atoms with Crippen molar-refractivity contribution in [3.05, 3.63) is 21.9 Å². The highest BCUT2D eigenvalue weighted by atomic mass is 32.1. The van der Waals surface area contributed by atoms with E-state index in [0.29, 0.717) is 23.9 Å². The van der Waals surface area contributed by atoms with E-state index in [9.17, 15) is 9.59 Å². The summed E-state index contributed by atoms with van der Waals surface area (Å²) in [7, 11) is 1.74. The first-order valence-electron chi connectivity index (χ1n) is 5.74. The van der Waals surface area contributed by atoms with Crippen LogP contribution in [0.15, 0.2) is 12.1 Å². The lowest BCUT2D eigenvalue weighted by Crippen LogP contribution is -2.31. The number of hydrogen-bond donors (Lipinski definition) is 1. The fraction of sp³-hybridized carbons (Fsp3) is 0.500. The summed E-state index contributed by atoms with van der Waals surface area (Å²) in [5.41, 5.74) is 0. The molecule has 0 saturated carbocycles. The number of amides is 1. The Labute approximate surface area is 109 Å². The fourth-order valence-electron chi connectivity index (χ4n) is 1.95. The van der Waals surface area contributed by atoms with Gasteiger partial charge in [-0.3, -0.25) is 4.79 Å². The Kier molecular flexibility index (Phi) is 3.98. The molecule has 0 spiro atoms. The molecule has 1 aliphatic heterocycles. The van der Waals surface area contributed by atoms with Gasteiger partial charge in [-0.15, -0.1) is 11.3 Å². The van der Waals surface area contributed by atoms with Crippen molar-refractivity contribution in [2.45, 2.75) is 6.42 Å². The predicted octanol–water partition coefficient (Wildman–Crippen LogP) is 1.55. The van der Waals surface area contributed by atoms with Gasteiger partial charge in [0.15, 0.2) is 0 Å². The van der Waals surface area contributed by atoms with Gasteiger partial charge in [-0.25, -0.2) is 4.79 Å². The van der Waals surface area contributed by atoms with Gasteiger partial charge in [-0.1, -0.05) is 0 Å². The van der Waals surface area contributed by atoms with Crippen molar-refractivity contribution in [2.75, 3.05) is 26.8 Å². The van der Waals surface area contributed by atoms with Crippen LogP contribution >= 0.6 is 11.3 Å². The van der Waals surface area contributed by atoms with Gasteiger partial charge in [0, 0.05) is 26.1 Å². The Morgan fingerprint density at radius 2 is 2.22 bits per heavy atom. The minimum Gasteiger partial charge on any atom is -0.477 e. The van der Waals surface area contributed by atoms with Crippen LogP contribution in [-0.4, -0.2) is 48.7 Å². The molecule has 5 nitrogen and oxygen atoms in total. The van der Waals surface area contributed by atoms with Gasteiger partial charge in [0.25, 0.3) is 5.91 Å². The van der Waals surface area contributed by atoms with E-state index in [1.807, 2.05) is 0 Å². The number of aromatic carboxylic acids is 1. The van der Waals surface area contributed by atoms with Crippen molar-refractivity contribution < 1.29 is 19.4 Å². The number of carboxylic acid groups (broad SMARTS) is 1. The number of carboxylic acids is 1. The second-order valence-corrected chi connectivity index (χ2v) is 5.47. The molecule has 1 fully saturated rings. The predicted molar refractivity (Wildman–Crippen MR) is 67.2 cm³/mol. The summed E-state index contributed by atoms with van der Waals surface area (Å²) >= 11 is 1.01. The first-order chi connectivity index (χ1) is 8.58. The monoisotopic (exact) mass is 269 g/mol. The lowest BCUT2D eigenvalue weighted by atomic mass is 10.1. The zero-order valence-electron chi connectivity index (χ0n) is 10.1. The standard InChI is InChI=1S/C12H15NO4S/c1-13(6-8-4-5-17-7-8)11(14)9-2-3-10(18-9)12(15)16/h2-3,8H,4-7H2,1H3,(H,15,16)/t8-/m1/s1. The minimum atomic E-state index is -0.995. The van der Waals surface area contributed by atoms with Crippen LogP contribution in [0.4, 0.5) is 0 Å². The highest BCUT2D eigenvalue weighted by Crippen LogP contribution is 2.20. The van der Waals surface area contributed by atoms with E-state index in [-0.39, 0.29) is 10.8 Å². The van der Waals surface area contributed by atoms with E-state index in [1.165, 1.54) is 6.07 Å². The van der Waals surface area contributed by atoms with Crippen LogP contribution in [0.5, 0.6) is 0 Å². The molecular weight excluding hydrogens is 254 g/mol. The number of ether oxygens (including phenoxy) is 1. The molecule has 18 heavy (non-hydrogen) atoms. The number of carbonyl (C=O) groups is 2. The second kappa shape index (κ2) is 5.49. The van der Waals surface area contributed by atoms with Gasteiger partial charge in [0.1, 0.15) is 4.88 Å². The maximum atomic E-state index is 12.1. The topological polar surface area (TPSA) is 66.8 Å². The third-order valence-electron chi connectivity index (χ3n) is 2.93. The highest BCUT2D eigenvalue weighted by molar-refractivity contribution is 7.15. The molecule has 1 aromatic heterocycles. The number of nitrogens with zero attached hydrogens (tertiary/aromatic N) is 1. The summed E-state index contributed by atoms with van der Waals surface area (Å²) in [4.78, 5) is 25.1. The first-order valence-corrected chi connectivity index (χ1v) is 6.56. The maximum Gasteiger partial charge on any atom is 0.345 e. The van der Waals surface area contributed by atoms with Crippen LogP contribution in [0.1, 0.15) is 25.8 Å². The van der Waals surface area contributed by atoms with Crippen LogP contribution in [0.25, 0.3) is 0 Å². The SMILES string of the molecule is CN(C[C@H]1CCOC1)C(=O)c1ccc(C(=O)O)s1. The van der Waals surface area contributed by atoms with Crippen molar-refractivity contribution in [3.8, 4) is 0 Å². The van der Waals surface area contributed by atoms with Crippen LogP contribution in [0.3, 0.4) is 0 Å². The number of carbonyl (C=O) groups excluding carboxylic acids is 1. The molecule has 1 aromatic rings. The lowest BCUT2D eigenvalue weighted by molar-refractivity contribution is 0.0701. The highest BCUT2D eigenvalue weighted by Gasteiger charge is 2.22.